The van der Waals surface area contributed by atoms with Crippen LogP contribution in [-0.4, -0.2) is 18.4 Å². The fourth-order valence-electron chi connectivity index (χ4n) is 1.10. The summed E-state index contributed by atoms with van der Waals surface area (Å²) in [5, 5.41) is 2.39. The maximum Gasteiger partial charge on any atom is 0.323 e. The lowest BCUT2D eigenvalue weighted by Gasteiger charge is -2.10. The third kappa shape index (κ3) is 2.96. The van der Waals surface area contributed by atoms with E-state index in [1.54, 1.807) is 29.7 Å². The van der Waals surface area contributed by atoms with Gasteiger partial charge >= 0.3 is 11.8 Å². The summed E-state index contributed by atoms with van der Waals surface area (Å²) < 4.78 is 5.27. The number of anilines is 1. The quantitative estimate of drug-likeness (QED) is 0.291. The number of ether oxygens (including phenoxy) is 1. The Kier molecular flexibility index (Phi) is 4.28. The Balaban J connectivity index is 2.80. The Morgan fingerprint density at radius 2 is 2.00 bits per heavy atom. The van der Waals surface area contributed by atoms with Crippen LogP contribution in [0.15, 0.2) is 24.3 Å². The molecule has 0 heterocycles. The number of nitrogens with two attached hydrogens (primary N) is 1. The lowest BCUT2D eigenvalue weighted by Crippen LogP contribution is -2.39. The van der Waals surface area contributed by atoms with E-state index in [1.165, 1.54) is 0 Å². The normalized spacial score (nSPS) is 9.38. The lowest BCUT2D eigenvalue weighted by atomic mass is 10.3. The molecule has 6 nitrogen and oxygen atoms in total. The first-order valence-corrected chi connectivity index (χ1v) is 4.72. The van der Waals surface area contributed by atoms with E-state index in [0.717, 1.165) is 0 Å². The molecule has 0 aliphatic carbocycles. The zero-order chi connectivity index (χ0) is 12.0. The maximum atomic E-state index is 11.2. The van der Waals surface area contributed by atoms with E-state index in [1.807, 2.05) is 6.92 Å². The fourth-order valence-corrected chi connectivity index (χ4v) is 1.10. The van der Waals surface area contributed by atoms with Crippen LogP contribution < -0.4 is 21.3 Å². The van der Waals surface area contributed by atoms with Gasteiger partial charge in [-0.2, -0.15) is 0 Å². The molecule has 0 aromatic heterocycles. The summed E-state index contributed by atoms with van der Waals surface area (Å²) in [5.74, 6) is 3.59. The Morgan fingerprint density at radius 3 is 2.62 bits per heavy atom. The second-order valence-electron chi connectivity index (χ2n) is 2.86. The molecular formula is C10H13N3O3. The number of carbonyl (C=O) groups excluding carboxylic acids is 2. The minimum absolute atomic E-state index is 0.429. The molecule has 0 aliphatic heterocycles. The number of benzene rings is 1. The molecule has 0 saturated carbocycles. The van der Waals surface area contributed by atoms with Crippen molar-refractivity contribution in [3.8, 4) is 5.75 Å². The van der Waals surface area contributed by atoms with Gasteiger partial charge in [0.2, 0.25) is 0 Å². The number of carbonyl (C=O) groups is 2. The van der Waals surface area contributed by atoms with Gasteiger partial charge in [0.25, 0.3) is 0 Å². The minimum atomic E-state index is -0.911. The zero-order valence-corrected chi connectivity index (χ0v) is 8.82. The second-order valence-corrected chi connectivity index (χ2v) is 2.86. The molecule has 0 spiro atoms. The molecule has 4 N–H and O–H groups in total. The number of para-hydroxylation sites is 2. The van der Waals surface area contributed by atoms with Crippen molar-refractivity contribution in [1.82, 2.24) is 5.43 Å². The van der Waals surface area contributed by atoms with Crippen LogP contribution in [0.4, 0.5) is 5.69 Å². The average Bonchev–Trinajstić information content (AvgIpc) is 2.31. The summed E-state index contributed by atoms with van der Waals surface area (Å²) in [6.45, 7) is 2.29. The highest BCUT2D eigenvalue weighted by atomic mass is 16.5. The van der Waals surface area contributed by atoms with Crippen molar-refractivity contribution in [3.05, 3.63) is 24.3 Å². The number of nitrogens with one attached hydrogen (secondary N) is 2. The topological polar surface area (TPSA) is 93.4 Å². The van der Waals surface area contributed by atoms with Gasteiger partial charge in [0.15, 0.2) is 0 Å². The molecule has 0 saturated heterocycles. The standard InChI is InChI=1S/C10H13N3O3/c1-2-16-8-6-4-3-5-7(8)12-9(14)10(15)13-11/h3-6H,2,11H2,1H3,(H,12,14)(H,13,15). The first-order chi connectivity index (χ1) is 7.69. The number of hydrazine groups is 1. The summed E-state index contributed by atoms with van der Waals surface area (Å²) in [6, 6.07) is 6.81. The minimum Gasteiger partial charge on any atom is -0.492 e. The van der Waals surface area contributed by atoms with Gasteiger partial charge in [0.1, 0.15) is 5.75 Å². The van der Waals surface area contributed by atoms with Crippen molar-refractivity contribution in [2.45, 2.75) is 6.92 Å². The van der Waals surface area contributed by atoms with E-state index in [2.05, 4.69) is 5.32 Å². The summed E-state index contributed by atoms with van der Waals surface area (Å²) in [5.41, 5.74) is 2.17. The zero-order valence-electron chi connectivity index (χ0n) is 8.82. The van der Waals surface area contributed by atoms with Gasteiger partial charge in [-0.1, -0.05) is 12.1 Å². The molecule has 1 aromatic rings. The van der Waals surface area contributed by atoms with Gasteiger partial charge in [0.05, 0.1) is 12.3 Å². The predicted octanol–water partition coefficient (Wildman–Crippen LogP) is 0.0137. The van der Waals surface area contributed by atoms with Crippen LogP contribution in [0.1, 0.15) is 6.92 Å². The van der Waals surface area contributed by atoms with Gasteiger partial charge in [0, 0.05) is 0 Å². The van der Waals surface area contributed by atoms with E-state index in [9.17, 15) is 9.59 Å². The highest BCUT2D eigenvalue weighted by Gasteiger charge is 2.13. The van der Waals surface area contributed by atoms with Crippen LogP contribution in [0.2, 0.25) is 0 Å². The summed E-state index contributed by atoms with van der Waals surface area (Å²) in [4.78, 5) is 22.1. The maximum absolute atomic E-state index is 11.2. The summed E-state index contributed by atoms with van der Waals surface area (Å²) >= 11 is 0. The van der Waals surface area contributed by atoms with E-state index < -0.39 is 11.8 Å². The van der Waals surface area contributed by atoms with E-state index in [4.69, 9.17) is 10.6 Å². The van der Waals surface area contributed by atoms with Crippen molar-refractivity contribution in [2.75, 3.05) is 11.9 Å². The van der Waals surface area contributed by atoms with Gasteiger partial charge in [-0.3, -0.25) is 15.0 Å². The third-order valence-corrected chi connectivity index (χ3v) is 1.77. The van der Waals surface area contributed by atoms with Gasteiger partial charge in [-0.05, 0) is 19.1 Å². The predicted molar refractivity (Wildman–Crippen MR) is 58.6 cm³/mol. The molecule has 0 fully saturated rings. The van der Waals surface area contributed by atoms with Crippen molar-refractivity contribution in [3.63, 3.8) is 0 Å². The monoisotopic (exact) mass is 223 g/mol. The summed E-state index contributed by atoms with van der Waals surface area (Å²) in [6.07, 6.45) is 0. The highest BCUT2D eigenvalue weighted by molar-refractivity contribution is 6.39. The van der Waals surface area contributed by atoms with Gasteiger partial charge in [-0.25, -0.2) is 5.84 Å². The SMILES string of the molecule is CCOc1ccccc1NC(=O)C(=O)NN. The van der Waals surface area contributed by atoms with Crippen LogP contribution in [0.25, 0.3) is 0 Å². The molecule has 0 unspecified atom stereocenters. The van der Waals surface area contributed by atoms with E-state index in [0.29, 0.717) is 18.0 Å². The average molecular weight is 223 g/mol. The van der Waals surface area contributed by atoms with Gasteiger partial charge < -0.3 is 10.1 Å². The van der Waals surface area contributed by atoms with Crippen molar-refractivity contribution in [2.24, 2.45) is 5.84 Å². The molecule has 6 heteroatoms. The smallest absolute Gasteiger partial charge is 0.323 e. The Labute approximate surface area is 92.7 Å². The van der Waals surface area contributed by atoms with Crippen molar-refractivity contribution in [1.29, 1.82) is 0 Å². The molecule has 2 amide bonds. The molecule has 0 radical (unpaired) electrons. The van der Waals surface area contributed by atoms with Crippen LogP contribution >= 0.6 is 0 Å². The second kappa shape index (κ2) is 5.72. The summed E-state index contributed by atoms with van der Waals surface area (Å²) in [7, 11) is 0. The van der Waals surface area contributed by atoms with E-state index >= 15 is 0 Å². The van der Waals surface area contributed by atoms with E-state index in [-0.39, 0.29) is 0 Å². The van der Waals surface area contributed by atoms with Crippen molar-refractivity contribution < 1.29 is 14.3 Å². The molecule has 16 heavy (non-hydrogen) atoms. The molecule has 0 bridgehead atoms. The van der Waals surface area contributed by atoms with Crippen molar-refractivity contribution >= 4 is 17.5 Å². The Hall–Kier alpha value is -2.08. The van der Waals surface area contributed by atoms with Crippen LogP contribution in [0.5, 0.6) is 5.75 Å². The number of rotatable bonds is 3. The molecule has 0 atom stereocenters. The number of amides is 2. The first-order valence-electron chi connectivity index (χ1n) is 4.72. The molecule has 0 aliphatic rings. The largest absolute Gasteiger partial charge is 0.492 e. The molecule has 1 rings (SSSR count). The number of hydrogen-bond donors (Lipinski definition) is 3. The third-order valence-electron chi connectivity index (χ3n) is 1.77. The number of hydrogen-bond acceptors (Lipinski definition) is 4. The van der Waals surface area contributed by atoms with Gasteiger partial charge in [-0.15, -0.1) is 0 Å². The highest BCUT2D eigenvalue weighted by Crippen LogP contribution is 2.23. The lowest BCUT2D eigenvalue weighted by molar-refractivity contribution is -0.136. The molecule has 1 aromatic carbocycles. The fraction of sp³-hybridized carbons (Fsp3) is 0.200. The molecular weight excluding hydrogens is 210 g/mol. The Bertz CT molecular complexity index is 393. The Morgan fingerprint density at radius 1 is 1.31 bits per heavy atom. The first kappa shape index (κ1) is 12.0. The van der Waals surface area contributed by atoms with Crippen LogP contribution in [0, 0.1) is 0 Å². The molecule has 86 valence electrons. The van der Waals surface area contributed by atoms with Crippen LogP contribution in [-0.2, 0) is 9.59 Å². The van der Waals surface area contributed by atoms with Crippen LogP contribution in [0.3, 0.4) is 0 Å².